The molecule has 1 fully saturated rings. The van der Waals surface area contributed by atoms with Crippen LogP contribution < -0.4 is 16.1 Å². The fourth-order valence-corrected chi connectivity index (χ4v) is 4.90. The maximum Gasteiger partial charge on any atom is 0.250 e. The Balaban J connectivity index is 1.70. The molecule has 31 heavy (non-hydrogen) atoms. The highest BCUT2D eigenvalue weighted by molar-refractivity contribution is 6.05. The number of nitrogens with two attached hydrogens (primary N) is 1. The van der Waals surface area contributed by atoms with Gasteiger partial charge in [0, 0.05) is 35.9 Å². The number of allylic oxidation sites excluding steroid dienone is 2. The van der Waals surface area contributed by atoms with Crippen molar-refractivity contribution in [3.05, 3.63) is 35.0 Å². The number of amides is 1. The molecule has 1 saturated carbocycles. The topological polar surface area (TPSA) is 108 Å². The van der Waals surface area contributed by atoms with Crippen LogP contribution in [0.5, 0.6) is 0 Å². The second kappa shape index (κ2) is 8.11. The number of primary amides is 1. The highest BCUT2D eigenvalue weighted by Gasteiger charge is 2.37. The highest BCUT2D eigenvalue weighted by atomic mass is 16.3. The van der Waals surface area contributed by atoms with E-state index in [1.54, 1.807) is 6.07 Å². The SMILES string of the molecule is CC1=NN(c2ccc(C(N)=O)c(N[C@H]3CC[C@H](O)CC3)c2)C2=C(C1)C(=O)CC(C)(C)C2. The lowest BCUT2D eigenvalue weighted by molar-refractivity contribution is -0.118. The van der Waals surface area contributed by atoms with Gasteiger partial charge in [0.1, 0.15) is 0 Å². The van der Waals surface area contributed by atoms with Gasteiger partial charge in [-0.2, -0.15) is 5.10 Å². The summed E-state index contributed by atoms with van der Waals surface area (Å²) in [4.78, 5) is 24.9. The number of hydrogen-bond acceptors (Lipinski definition) is 6. The van der Waals surface area contributed by atoms with Crippen LogP contribution >= 0.6 is 0 Å². The molecule has 7 nitrogen and oxygen atoms in total. The molecule has 2 aliphatic carbocycles. The van der Waals surface area contributed by atoms with Crippen molar-refractivity contribution < 1.29 is 14.7 Å². The Hall–Kier alpha value is -2.67. The van der Waals surface area contributed by atoms with Crippen molar-refractivity contribution in [2.24, 2.45) is 16.3 Å². The number of rotatable bonds is 4. The van der Waals surface area contributed by atoms with Gasteiger partial charge in [-0.25, -0.2) is 5.01 Å². The van der Waals surface area contributed by atoms with Crippen molar-refractivity contribution in [2.75, 3.05) is 10.3 Å². The predicted molar refractivity (Wildman–Crippen MR) is 122 cm³/mol. The van der Waals surface area contributed by atoms with Gasteiger partial charge in [0.25, 0.3) is 5.91 Å². The average molecular weight is 425 g/mol. The number of anilines is 2. The summed E-state index contributed by atoms with van der Waals surface area (Å²) in [6, 6.07) is 5.65. The normalized spacial score (nSPS) is 25.7. The van der Waals surface area contributed by atoms with Crippen molar-refractivity contribution in [3.63, 3.8) is 0 Å². The van der Waals surface area contributed by atoms with E-state index < -0.39 is 5.91 Å². The largest absolute Gasteiger partial charge is 0.393 e. The third-order valence-electron chi connectivity index (χ3n) is 6.50. The standard InChI is InChI=1S/C24H32N4O3/c1-14-10-19-21(12-24(2,3)13-22(19)30)28(27-14)16-6-9-18(23(25)31)20(11-16)26-15-4-7-17(29)8-5-15/h6,9,11,15,17,26,29H,4-5,7-8,10,12-13H2,1-3H3,(H2,25,31)/t15-,17-. The summed E-state index contributed by atoms with van der Waals surface area (Å²) in [5.74, 6) is -0.296. The number of hydrogen-bond donors (Lipinski definition) is 3. The second-order valence-electron chi connectivity index (χ2n) is 9.93. The van der Waals surface area contributed by atoms with Crippen LogP contribution in [0.1, 0.15) is 76.1 Å². The van der Waals surface area contributed by atoms with E-state index >= 15 is 0 Å². The van der Waals surface area contributed by atoms with Gasteiger partial charge in [0.15, 0.2) is 5.78 Å². The number of aliphatic hydroxyl groups is 1. The zero-order valence-corrected chi connectivity index (χ0v) is 18.6. The number of Topliss-reactive ketones (excluding diaryl/α,β-unsaturated/α-hetero) is 1. The molecule has 4 N–H and O–H groups in total. The summed E-state index contributed by atoms with van der Waals surface area (Å²) in [6.45, 7) is 6.16. The lowest BCUT2D eigenvalue weighted by atomic mass is 9.74. The van der Waals surface area contributed by atoms with E-state index in [0.29, 0.717) is 24.1 Å². The van der Waals surface area contributed by atoms with Crippen molar-refractivity contribution in [2.45, 2.75) is 77.9 Å². The molecule has 0 saturated heterocycles. The molecule has 1 amide bonds. The quantitative estimate of drug-likeness (QED) is 0.682. The predicted octanol–water partition coefficient (Wildman–Crippen LogP) is 3.73. The molecular formula is C24H32N4O3. The van der Waals surface area contributed by atoms with Crippen LogP contribution in [-0.2, 0) is 4.79 Å². The smallest absolute Gasteiger partial charge is 0.250 e. The molecule has 0 bridgehead atoms. The summed E-state index contributed by atoms with van der Waals surface area (Å²) in [5, 5.41) is 19.9. The first-order valence-corrected chi connectivity index (χ1v) is 11.1. The third-order valence-corrected chi connectivity index (χ3v) is 6.50. The number of nitrogens with zero attached hydrogens (tertiary/aromatic N) is 2. The van der Waals surface area contributed by atoms with E-state index in [-0.39, 0.29) is 23.3 Å². The molecule has 3 aliphatic rings. The van der Waals surface area contributed by atoms with Crippen LogP contribution in [0, 0.1) is 5.41 Å². The summed E-state index contributed by atoms with van der Waals surface area (Å²) in [5.41, 5.74) is 10.1. The lowest BCUT2D eigenvalue weighted by Crippen LogP contribution is -2.36. The minimum absolute atomic E-state index is 0.119. The van der Waals surface area contributed by atoms with Crippen LogP contribution in [0.2, 0.25) is 0 Å². The highest BCUT2D eigenvalue weighted by Crippen LogP contribution is 2.43. The second-order valence-corrected chi connectivity index (χ2v) is 9.93. The van der Waals surface area contributed by atoms with Crippen molar-refractivity contribution in [3.8, 4) is 0 Å². The molecule has 1 heterocycles. The molecule has 0 aromatic heterocycles. The molecule has 0 spiro atoms. The van der Waals surface area contributed by atoms with Crippen LogP contribution in [0.25, 0.3) is 0 Å². The maximum atomic E-state index is 12.8. The van der Waals surface area contributed by atoms with Gasteiger partial charge < -0.3 is 16.2 Å². The van der Waals surface area contributed by atoms with Crippen LogP contribution in [0.4, 0.5) is 11.4 Å². The third kappa shape index (κ3) is 4.51. The van der Waals surface area contributed by atoms with Crippen molar-refractivity contribution >= 4 is 28.8 Å². The van der Waals surface area contributed by atoms with E-state index in [1.165, 1.54) is 0 Å². The Morgan fingerprint density at radius 3 is 2.61 bits per heavy atom. The van der Waals surface area contributed by atoms with Crippen molar-refractivity contribution in [1.82, 2.24) is 0 Å². The van der Waals surface area contributed by atoms with Crippen LogP contribution in [-0.4, -0.2) is 34.7 Å². The van der Waals surface area contributed by atoms with Gasteiger partial charge in [-0.05, 0) is 62.6 Å². The molecule has 7 heteroatoms. The van der Waals surface area contributed by atoms with Gasteiger partial charge in [0.05, 0.1) is 23.1 Å². The minimum Gasteiger partial charge on any atom is -0.393 e. The number of nitrogens with one attached hydrogen (secondary N) is 1. The average Bonchev–Trinajstić information content (AvgIpc) is 2.69. The molecule has 0 unspecified atom stereocenters. The Labute approximate surface area is 183 Å². The Morgan fingerprint density at radius 2 is 1.94 bits per heavy atom. The zero-order chi connectivity index (χ0) is 22.3. The number of carbonyl (C=O) groups excluding carboxylic acids is 2. The summed E-state index contributed by atoms with van der Waals surface area (Å²) < 4.78 is 0. The van der Waals surface area contributed by atoms with Gasteiger partial charge >= 0.3 is 0 Å². The Kier molecular flexibility index (Phi) is 5.64. The van der Waals surface area contributed by atoms with E-state index in [1.807, 2.05) is 24.1 Å². The number of aliphatic hydroxyl groups excluding tert-OH is 1. The molecule has 0 atom stereocenters. The first-order valence-electron chi connectivity index (χ1n) is 11.1. The molecule has 0 radical (unpaired) electrons. The monoisotopic (exact) mass is 424 g/mol. The molecule has 1 aliphatic heterocycles. The van der Waals surface area contributed by atoms with Gasteiger partial charge in [0.2, 0.25) is 0 Å². The molecule has 166 valence electrons. The molecule has 1 aromatic carbocycles. The lowest BCUT2D eigenvalue weighted by Gasteiger charge is -2.38. The van der Waals surface area contributed by atoms with Crippen molar-refractivity contribution in [1.29, 1.82) is 0 Å². The Bertz CT molecular complexity index is 971. The zero-order valence-electron chi connectivity index (χ0n) is 18.6. The fourth-order valence-electron chi connectivity index (χ4n) is 4.90. The van der Waals surface area contributed by atoms with E-state index in [0.717, 1.165) is 54.8 Å². The fraction of sp³-hybridized carbons (Fsp3) is 0.542. The van der Waals surface area contributed by atoms with Gasteiger partial charge in [-0.15, -0.1) is 0 Å². The van der Waals surface area contributed by atoms with Crippen LogP contribution in [0.3, 0.4) is 0 Å². The van der Waals surface area contributed by atoms with E-state index in [4.69, 9.17) is 10.8 Å². The molecule has 1 aromatic rings. The first kappa shape index (κ1) is 21.6. The van der Waals surface area contributed by atoms with E-state index in [9.17, 15) is 14.7 Å². The summed E-state index contributed by atoms with van der Waals surface area (Å²) in [6.07, 6.45) is 4.82. The molecular weight excluding hydrogens is 392 g/mol. The summed E-state index contributed by atoms with van der Waals surface area (Å²) in [7, 11) is 0. The number of hydrazone groups is 1. The number of carbonyl (C=O) groups is 2. The van der Waals surface area contributed by atoms with Gasteiger partial charge in [-0.3, -0.25) is 9.59 Å². The molecule has 4 rings (SSSR count). The van der Waals surface area contributed by atoms with Gasteiger partial charge in [-0.1, -0.05) is 13.8 Å². The summed E-state index contributed by atoms with van der Waals surface area (Å²) >= 11 is 0. The maximum absolute atomic E-state index is 12.8. The van der Waals surface area contributed by atoms with E-state index in [2.05, 4.69) is 19.2 Å². The minimum atomic E-state index is -0.489. The van der Waals surface area contributed by atoms with Crippen LogP contribution in [0.15, 0.2) is 34.6 Å². The Morgan fingerprint density at radius 1 is 1.23 bits per heavy atom. The number of ketones is 1. The first-order chi connectivity index (χ1) is 14.6. The number of benzene rings is 1.